The molecule has 76 valence electrons. The van der Waals surface area contributed by atoms with Crippen LogP contribution in [0.4, 0.5) is 0 Å². The summed E-state index contributed by atoms with van der Waals surface area (Å²) >= 11 is 0. The second-order valence-electron chi connectivity index (χ2n) is 3.36. The molecule has 3 heteroatoms. The number of hydrogen-bond donors (Lipinski definition) is 0. The number of hydrogen-bond acceptors (Lipinski definition) is 3. The number of aldehydes is 1. The van der Waals surface area contributed by atoms with Crippen LogP contribution >= 0.6 is 0 Å². The molecule has 0 aliphatic heterocycles. The first-order valence-electron chi connectivity index (χ1n) is 4.51. The Hall–Kier alpha value is -2.08. The van der Waals surface area contributed by atoms with E-state index in [1.165, 1.54) is 0 Å². The van der Waals surface area contributed by atoms with E-state index in [-0.39, 0.29) is 0 Å². The fourth-order valence-electron chi connectivity index (χ4n) is 1.19. The quantitative estimate of drug-likeness (QED) is 0.550. The highest BCUT2D eigenvalue weighted by molar-refractivity contribution is 6.06. The molecule has 0 radical (unpaired) electrons. The maximum Gasteiger partial charge on any atom is 0.152 e. The third kappa shape index (κ3) is 2.96. The van der Waals surface area contributed by atoms with E-state index in [2.05, 4.69) is 0 Å². The van der Waals surface area contributed by atoms with Gasteiger partial charge in [0.2, 0.25) is 0 Å². The molecule has 0 spiro atoms. The molecule has 0 atom stereocenters. The minimum absolute atomic E-state index is 0.592. The number of carbonyl (C=O) groups excluding carboxylic acids is 1. The lowest BCUT2D eigenvalue weighted by Crippen LogP contribution is -2.03. The van der Waals surface area contributed by atoms with Crippen molar-refractivity contribution in [1.82, 2.24) is 4.90 Å². The zero-order chi connectivity index (χ0) is 11.3. The van der Waals surface area contributed by atoms with Gasteiger partial charge >= 0.3 is 0 Å². The molecular weight excluding hydrogens is 188 g/mol. The molecule has 0 aliphatic rings. The van der Waals surface area contributed by atoms with Gasteiger partial charge < -0.3 is 4.90 Å². The Morgan fingerprint density at radius 3 is 2.33 bits per heavy atom. The lowest BCUT2D eigenvalue weighted by atomic mass is 10.1. The summed E-state index contributed by atoms with van der Waals surface area (Å²) in [5, 5.41) is 8.63. The Bertz CT molecular complexity index is 410. The average Bonchev–Trinajstić information content (AvgIpc) is 2.26. The summed E-state index contributed by atoms with van der Waals surface area (Å²) in [4.78, 5) is 12.6. The number of carbonyl (C=O) groups is 1. The number of nitrogens with zero attached hydrogens (tertiary/aromatic N) is 2. The SMILES string of the molecule is CN(C)C=C(C=O)c1ccc(C#N)cc1. The molecule has 0 aliphatic carbocycles. The third-order valence-electron chi connectivity index (χ3n) is 1.87. The molecule has 3 nitrogen and oxygen atoms in total. The summed E-state index contributed by atoms with van der Waals surface area (Å²) in [6.45, 7) is 0. The van der Waals surface area contributed by atoms with Crippen molar-refractivity contribution in [2.75, 3.05) is 14.1 Å². The molecule has 15 heavy (non-hydrogen) atoms. The van der Waals surface area contributed by atoms with Crippen LogP contribution in [-0.4, -0.2) is 25.3 Å². The van der Waals surface area contributed by atoms with Crippen LogP contribution in [0.2, 0.25) is 0 Å². The van der Waals surface area contributed by atoms with E-state index in [4.69, 9.17) is 5.26 Å². The molecular formula is C12H12N2O. The lowest BCUT2D eigenvalue weighted by molar-refractivity contribution is -0.103. The normalized spacial score (nSPS) is 10.6. The molecule has 0 unspecified atom stereocenters. The van der Waals surface area contributed by atoms with Gasteiger partial charge in [0.1, 0.15) is 0 Å². The van der Waals surface area contributed by atoms with E-state index in [9.17, 15) is 4.79 Å². The Morgan fingerprint density at radius 1 is 1.33 bits per heavy atom. The van der Waals surface area contributed by atoms with Crippen molar-refractivity contribution in [3.05, 3.63) is 41.6 Å². The topological polar surface area (TPSA) is 44.1 Å². The number of allylic oxidation sites excluding steroid dienone is 1. The van der Waals surface area contributed by atoms with Gasteiger partial charge in [-0.15, -0.1) is 0 Å². The Kier molecular flexibility index (Phi) is 3.64. The van der Waals surface area contributed by atoms with Crippen molar-refractivity contribution in [1.29, 1.82) is 5.26 Å². The molecule has 1 aromatic carbocycles. The van der Waals surface area contributed by atoms with Crippen LogP contribution < -0.4 is 0 Å². The van der Waals surface area contributed by atoms with Crippen molar-refractivity contribution >= 4 is 11.9 Å². The summed E-state index contributed by atoms with van der Waals surface area (Å²) in [6.07, 6.45) is 2.55. The van der Waals surface area contributed by atoms with Crippen LogP contribution in [-0.2, 0) is 4.79 Å². The zero-order valence-corrected chi connectivity index (χ0v) is 8.77. The summed E-state index contributed by atoms with van der Waals surface area (Å²) in [6, 6.07) is 8.96. The molecule has 1 aromatic rings. The van der Waals surface area contributed by atoms with Crippen LogP contribution in [0.1, 0.15) is 11.1 Å². The van der Waals surface area contributed by atoms with E-state index in [1.54, 1.807) is 30.5 Å². The molecule has 0 bridgehead atoms. The molecule has 0 heterocycles. The zero-order valence-electron chi connectivity index (χ0n) is 8.77. The van der Waals surface area contributed by atoms with Crippen LogP contribution in [0, 0.1) is 11.3 Å². The van der Waals surface area contributed by atoms with Gasteiger partial charge in [-0.2, -0.15) is 5.26 Å². The lowest BCUT2D eigenvalue weighted by Gasteiger charge is -2.07. The highest BCUT2D eigenvalue weighted by Crippen LogP contribution is 2.13. The van der Waals surface area contributed by atoms with E-state index in [0.29, 0.717) is 11.1 Å². The Labute approximate surface area is 89.2 Å². The second-order valence-corrected chi connectivity index (χ2v) is 3.36. The predicted molar refractivity (Wildman–Crippen MR) is 58.9 cm³/mol. The summed E-state index contributed by atoms with van der Waals surface area (Å²) in [5.41, 5.74) is 2.01. The summed E-state index contributed by atoms with van der Waals surface area (Å²) in [5.74, 6) is 0. The van der Waals surface area contributed by atoms with Crippen LogP contribution in [0.3, 0.4) is 0 Å². The molecule has 0 amide bonds. The number of rotatable bonds is 3. The first kappa shape index (κ1) is 11.0. The number of nitriles is 1. The van der Waals surface area contributed by atoms with E-state index in [1.807, 2.05) is 25.1 Å². The van der Waals surface area contributed by atoms with Crippen molar-refractivity contribution < 1.29 is 4.79 Å². The van der Waals surface area contributed by atoms with Crippen LogP contribution in [0.25, 0.3) is 5.57 Å². The maximum absolute atomic E-state index is 10.8. The standard InChI is InChI=1S/C12H12N2O/c1-14(2)8-12(9-15)11-5-3-10(7-13)4-6-11/h3-6,8-9H,1-2H3. The van der Waals surface area contributed by atoms with Crippen LogP contribution in [0.5, 0.6) is 0 Å². The molecule has 0 saturated carbocycles. The minimum Gasteiger partial charge on any atom is -0.383 e. The van der Waals surface area contributed by atoms with E-state index >= 15 is 0 Å². The van der Waals surface area contributed by atoms with E-state index < -0.39 is 0 Å². The molecule has 0 N–H and O–H groups in total. The van der Waals surface area contributed by atoms with Crippen LogP contribution in [0.15, 0.2) is 30.5 Å². The van der Waals surface area contributed by atoms with Gasteiger partial charge in [-0.1, -0.05) is 12.1 Å². The van der Waals surface area contributed by atoms with Crippen molar-refractivity contribution in [3.8, 4) is 6.07 Å². The number of benzene rings is 1. The van der Waals surface area contributed by atoms with Gasteiger partial charge in [0.15, 0.2) is 6.29 Å². The smallest absolute Gasteiger partial charge is 0.152 e. The monoisotopic (exact) mass is 200 g/mol. The first-order valence-corrected chi connectivity index (χ1v) is 4.51. The second kappa shape index (κ2) is 4.97. The first-order chi connectivity index (χ1) is 7.17. The molecule has 0 fully saturated rings. The molecule has 0 saturated heterocycles. The average molecular weight is 200 g/mol. The van der Waals surface area contributed by atoms with Gasteiger partial charge in [0.05, 0.1) is 11.6 Å². The highest BCUT2D eigenvalue weighted by atomic mass is 16.1. The molecule has 1 rings (SSSR count). The fourth-order valence-corrected chi connectivity index (χ4v) is 1.19. The largest absolute Gasteiger partial charge is 0.383 e. The minimum atomic E-state index is 0.592. The molecule has 0 aromatic heterocycles. The maximum atomic E-state index is 10.8. The van der Waals surface area contributed by atoms with Gasteiger partial charge in [-0.3, -0.25) is 4.79 Å². The predicted octanol–water partition coefficient (Wildman–Crippen LogP) is 1.66. The highest BCUT2D eigenvalue weighted by Gasteiger charge is 2.00. The Balaban J connectivity index is 3.04. The summed E-state index contributed by atoms with van der Waals surface area (Å²) < 4.78 is 0. The van der Waals surface area contributed by atoms with Gasteiger partial charge in [0, 0.05) is 25.9 Å². The Morgan fingerprint density at radius 2 is 1.93 bits per heavy atom. The van der Waals surface area contributed by atoms with Crippen molar-refractivity contribution in [2.45, 2.75) is 0 Å². The van der Waals surface area contributed by atoms with Crippen molar-refractivity contribution in [3.63, 3.8) is 0 Å². The van der Waals surface area contributed by atoms with Crippen molar-refractivity contribution in [2.24, 2.45) is 0 Å². The van der Waals surface area contributed by atoms with E-state index in [0.717, 1.165) is 11.8 Å². The summed E-state index contributed by atoms with van der Waals surface area (Å²) in [7, 11) is 3.71. The van der Waals surface area contributed by atoms with Gasteiger partial charge in [0.25, 0.3) is 0 Å². The van der Waals surface area contributed by atoms with Gasteiger partial charge in [-0.05, 0) is 17.7 Å². The fraction of sp³-hybridized carbons (Fsp3) is 0.167. The van der Waals surface area contributed by atoms with Gasteiger partial charge in [-0.25, -0.2) is 0 Å². The third-order valence-corrected chi connectivity index (χ3v) is 1.87.